The number of pyridine rings is 1. The Morgan fingerprint density at radius 1 is 1.55 bits per heavy atom. The maximum atomic E-state index is 11.5. The van der Waals surface area contributed by atoms with Gasteiger partial charge in [0.2, 0.25) is 0 Å². The summed E-state index contributed by atoms with van der Waals surface area (Å²) in [5.41, 5.74) is 6.41. The number of aliphatic carboxylic acids is 1. The maximum absolute atomic E-state index is 11.5. The van der Waals surface area contributed by atoms with Crippen LogP contribution in [0.3, 0.4) is 0 Å². The molecule has 1 amide bonds. The normalized spacial score (nSPS) is 18.9. The lowest BCUT2D eigenvalue weighted by atomic mass is 10.1. The quantitative estimate of drug-likeness (QED) is 0.813. The number of ether oxygens (including phenoxy) is 1. The highest BCUT2D eigenvalue weighted by Gasteiger charge is 2.29. The van der Waals surface area contributed by atoms with Crippen LogP contribution < -0.4 is 10.6 Å². The van der Waals surface area contributed by atoms with Crippen molar-refractivity contribution in [3.63, 3.8) is 0 Å². The number of carboxylic acid groups (broad SMARTS) is 1. The number of primary amides is 1. The molecule has 20 heavy (non-hydrogen) atoms. The first-order valence-corrected chi connectivity index (χ1v) is 6.32. The summed E-state index contributed by atoms with van der Waals surface area (Å²) in [5.74, 6) is -1.06. The summed E-state index contributed by atoms with van der Waals surface area (Å²) in [4.78, 5) is 28.6. The predicted molar refractivity (Wildman–Crippen MR) is 71.7 cm³/mol. The SMILES string of the molecule is Cc1ccc(C(N)=O)c(N2CCOCC2CC(=O)O)n1. The third-order valence-electron chi connectivity index (χ3n) is 3.19. The van der Waals surface area contributed by atoms with Gasteiger partial charge in [-0.15, -0.1) is 0 Å². The second-order valence-corrected chi connectivity index (χ2v) is 4.71. The van der Waals surface area contributed by atoms with Crippen LogP contribution in [0.5, 0.6) is 0 Å². The van der Waals surface area contributed by atoms with Gasteiger partial charge in [-0.25, -0.2) is 4.98 Å². The van der Waals surface area contributed by atoms with Crippen molar-refractivity contribution < 1.29 is 19.4 Å². The van der Waals surface area contributed by atoms with E-state index < -0.39 is 11.9 Å². The molecule has 0 aromatic carbocycles. The molecule has 108 valence electrons. The lowest BCUT2D eigenvalue weighted by Crippen LogP contribution is -2.47. The molecule has 1 unspecified atom stereocenters. The molecular weight excluding hydrogens is 262 g/mol. The molecule has 0 spiro atoms. The molecular formula is C13H17N3O4. The molecule has 2 rings (SSSR count). The highest BCUT2D eigenvalue weighted by molar-refractivity contribution is 5.97. The van der Waals surface area contributed by atoms with E-state index in [2.05, 4.69) is 4.98 Å². The van der Waals surface area contributed by atoms with Crippen LogP contribution in [0.1, 0.15) is 22.5 Å². The third kappa shape index (κ3) is 3.05. The van der Waals surface area contributed by atoms with Crippen LogP contribution >= 0.6 is 0 Å². The fraction of sp³-hybridized carbons (Fsp3) is 0.462. The number of nitrogens with two attached hydrogens (primary N) is 1. The van der Waals surface area contributed by atoms with Crippen molar-refractivity contribution in [1.29, 1.82) is 0 Å². The Morgan fingerprint density at radius 2 is 2.30 bits per heavy atom. The fourth-order valence-corrected chi connectivity index (χ4v) is 2.26. The summed E-state index contributed by atoms with van der Waals surface area (Å²) in [6.07, 6.45) is -0.0756. The Morgan fingerprint density at radius 3 is 2.95 bits per heavy atom. The molecule has 3 N–H and O–H groups in total. The lowest BCUT2D eigenvalue weighted by molar-refractivity contribution is -0.138. The van der Waals surface area contributed by atoms with Crippen LogP contribution in [0.25, 0.3) is 0 Å². The second-order valence-electron chi connectivity index (χ2n) is 4.71. The molecule has 1 saturated heterocycles. The van der Waals surface area contributed by atoms with Crippen molar-refractivity contribution in [3.05, 3.63) is 23.4 Å². The Hall–Kier alpha value is -2.15. The van der Waals surface area contributed by atoms with Crippen LogP contribution in [0.4, 0.5) is 5.82 Å². The molecule has 1 aromatic heterocycles. The molecule has 0 radical (unpaired) electrons. The number of amides is 1. The molecule has 2 heterocycles. The summed E-state index contributed by atoms with van der Waals surface area (Å²) in [6.45, 7) is 3.04. The lowest BCUT2D eigenvalue weighted by Gasteiger charge is -2.36. The second kappa shape index (κ2) is 5.87. The number of aryl methyl sites for hydroxylation is 1. The van der Waals surface area contributed by atoms with Crippen molar-refractivity contribution >= 4 is 17.7 Å². The van der Waals surface area contributed by atoms with E-state index in [4.69, 9.17) is 15.6 Å². The van der Waals surface area contributed by atoms with E-state index in [0.29, 0.717) is 31.1 Å². The van der Waals surface area contributed by atoms with E-state index in [0.717, 1.165) is 5.69 Å². The Kier molecular flexibility index (Phi) is 4.19. The molecule has 7 nitrogen and oxygen atoms in total. The molecule has 0 bridgehead atoms. The van der Waals surface area contributed by atoms with Gasteiger partial charge in [0.05, 0.1) is 31.2 Å². The number of anilines is 1. The van der Waals surface area contributed by atoms with E-state index in [9.17, 15) is 9.59 Å². The summed E-state index contributed by atoms with van der Waals surface area (Å²) >= 11 is 0. The smallest absolute Gasteiger partial charge is 0.305 e. The molecule has 1 aromatic rings. The number of carboxylic acids is 1. The summed E-state index contributed by atoms with van der Waals surface area (Å²) < 4.78 is 5.32. The number of aromatic nitrogens is 1. The van der Waals surface area contributed by atoms with Crippen LogP contribution in [0, 0.1) is 6.92 Å². The number of morpholine rings is 1. The molecule has 1 aliphatic heterocycles. The van der Waals surface area contributed by atoms with Crippen LogP contribution in [0.2, 0.25) is 0 Å². The van der Waals surface area contributed by atoms with E-state index in [1.807, 2.05) is 0 Å². The summed E-state index contributed by atoms with van der Waals surface area (Å²) in [7, 11) is 0. The topological polar surface area (TPSA) is 106 Å². The largest absolute Gasteiger partial charge is 0.481 e. The predicted octanol–water partition coefficient (Wildman–Crippen LogP) is 0.169. The molecule has 1 atom stereocenters. The van der Waals surface area contributed by atoms with Gasteiger partial charge in [0.25, 0.3) is 5.91 Å². The highest BCUT2D eigenvalue weighted by atomic mass is 16.5. The third-order valence-corrected chi connectivity index (χ3v) is 3.19. The van der Waals surface area contributed by atoms with E-state index in [1.165, 1.54) is 0 Å². The van der Waals surface area contributed by atoms with Gasteiger partial charge < -0.3 is 20.5 Å². The number of carbonyl (C=O) groups is 2. The van der Waals surface area contributed by atoms with Gasteiger partial charge >= 0.3 is 5.97 Å². The van der Waals surface area contributed by atoms with Crippen molar-refractivity contribution in [1.82, 2.24) is 4.98 Å². The Labute approximate surface area is 116 Å². The minimum absolute atomic E-state index is 0.0756. The minimum atomic E-state index is -0.918. The number of carbonyl (C=O) groups excluding carboxylic acids is 1. The highest BCUT2D eigenvalue weighted by Crippen LogP contribution is 2.24. The van der Waals surface area contributed by atoms with Gasteiger partial charge in [-0.3, -0.25) is 9.59 Å². The molecule has 7 heteroatoms. The van der Waals surface area contributed by atoms with Gasteiger partial charge in [-0.2, -0.15) is 0 Å². The van der Waals surface area contributed by atoms with Crippen molar-refractivity contribution in [2.24, 2.45) is 5.73 Å². The zero-order valence-electron chi connectivity index (χ0n) is 11.2. The first-order chi connectivity index (χ1) is 9.49. The first kappa shape index (κ1) is 14.3. The molecule has 1 fully saturated rings. The van der Waals surface area contributed by atoms with Crippen molar-refractivity contribution in [2.75, 3.05) is 24.7 Å². The van der Waals surface area contributed by atoms with Gasteiger partial charge in [-0.05, 0) is 19.1 Å². The van der Waals surface area contributed by atoms with Crippen molar-refractivity contribution in [3.8, 4) is 0 Å². The Balaban J connectivity index is 2.38. The Bertz CT molecular complexity index is 532. The van der Waals surface area contributed by atoms with E-state index >= 15 is 0 Å². The van der Waals surface area contributed by atoms with Gasteiger partial charge in [-0.1, -0.05) is 0 Å². The summed E-state index contributed by atoms with van der Waals surface area (Å²) in [6, 6.07) is 2.97. The zero-order valence-corrected chi connectivity index (χ0v) is 11.2. The number of hydrogen-bond acceptors (Lipinski definition) is 5. The van der Waals surface area contributed by atoms with Gasteiger partial charge in [0.1, 0.15) is 5.82 Å². The fourth-order valence-electron chi connectivity index (χ4n) is 2.26. The zero-order chi connectivity index (χ0) is 14.7. The molecule has 0 saturated carbocycles. The molecule has 0 aliphatic carbocycles. The van der Waals surface area contributed by atoms with Crippen LogP contribution in [-0.2, 0) is 9.53 Å². The monoisotopic (exact) mass is 279 g/mol. The average Bonchev–Trinajstić information content (AvgIpc) is 2.38. The number of rotatable bonds is 4. The standard InChI is InChI=1S/C13H17N3O4/c1-8-2-3-10(12(14)19)13(15-8)16-4-5-20-7-9(16)6-11(17)18/h2-3,9H,4-7H2,1H3,(H2,14,19)(H,17,18). The van der Waals surface area contributed by atoms with E-state index in [-0.39, 0.29) is 12.5 Å². The van der Waals surface area contributed by atoms with Gasteiger partial charge in [0, 0.05) is 12.2 Å². The van der Waals surface area contributed by atoms with Crippen molar-refractivity contribution in [2.45, 2.75) is 19.4 Å². The number of nitrogens with zero attached hydrogens (tertiary/aromatic N) is 2. The number of hydrogen-bond donors (Lipinski definition) is 2. The molecule has 1 aliphatic rings. The van der Waals surface area contributed by atoms with Crippen LogP contribution in [0.15, 0.2) is 12.1 Å². The average molecular weight is 279 g/mol. The van der Waals surface area contributed by atoms with E-state index in [1.54, 1.807) is 24.0 Å². The minimum Gasteiger partial charge on any atom is -0.481 e. The summed E-state index contributed by atoms with van der Waals surface area (Å²) in [5, 5.41) is 8.97. The first-order valence-electron chi connectivity index (χ1n) is 6.32. The maximum Gasteiger partial charge on any atom is 0.305 e. The van der Waals surface area contributed by atoms with Crippen LogP contribution in [-0.4, -0.2) is 47.8 Å². The van der Waals surface area contributed by atoms with Gasteiger partial charge in [0.15, 0.2) is 0 Å².